The largest absolute Gasteiger partial charge is 0.239 e. The van der Waals surface area contributed by atoms with Crippen LogP contribution in [0.3, 0.4) is 0 Å². The molecule has 1 aromatic rings. The molecule has 0 saturated carbocycles. The summed E-state index contributed by atoms with van der Waals surface area (Å²) in [5.74, 6) is 0. The Morgan fingerprint density at radius 1 is 1.29 bits per heavy atom. The van der Waals surface area contributed by atoms with Crippen molar-refractivity contribution in [2.24, 2.45) is 0 Å². The van der Waals surface area contributed by atoms with Crippen LogP contribution in [0.4, 0.5) is 4.39 Å². The average Bonchev–Trinajstić information content (AvgIpc) is 2.20. The number of hydrogen-bond acceptors (Lipinski definition) is 1. The first-order chi connectivity index (χ1) is 6.54. The Bertz CT molecular complexity index is 318. The second-order valence-corrected chi connectivity index (χ2v) is 3.17. The van der Waals surface area contributed by atoms with Gasteiger partial charge in [-0.1, -0.05) is 26.0 Å². The molecule has 0 atom stereocenters. The van der Waals surface area contributed by atoms with Crippen LogP contribution in [0.15, 0.2) is 24.3 Å². The molecule has 0 aromatic heterocycles. The molecule has 0 saturated heterocycles. The second kappa shape index (κ2) is 5.39. The van der Waals surface area contributed by atoms with Gasteiger partial charge in [-0.05, 0) is 31.5 Å². The summed E-state index contributed by atoms with van der Waals surface area (Å²) in [6.07, 6.45) is 0. The molecule has 0 unspecified atom stereocenters. The van der Waals surface area contributed by atoms with E-state index >= 15 is 0 Å². The fourth-order valence-corrected chi connectivity index (χ4v) is 0.959. The molecule has 0 aliphatic rings. The van der Waals surface area contributed by atoms with E-state index in [1.54, 1.807) is 24.3 Å². The monoisotopic (exact) mass is 193 g/mol. The van der Waals surface area contributed by atoms with Crippen molar-refractivity contribution in [1.29, 1.82) is 5.26 Å². The minimum absolute atomic E-state index is 0.498. The van der Waals surface area contributed by atoms with Crippen LogP contribution in [0.1, 0.15) is 38.8 Å². The Morgan fingerprint density at radius 3 is 2.29 bits per heavy atom. The second-order valence-electron chi connectivity index (χ2n) is 3.17. The first-order valence-electron chi connectivity index (χ1n) is 4.73. The van der Waals surface area contributed by atoms with Crippen LogP contribution >= 0.6 is 0 Å². The van der Waals surface area contributed by atoms with E-state index in [9.17, 15) is 4.39 Å². The highest BCUT2D eigenvalue weighted by molar-refractivity contribution is 5.34. The van der Waals surface area contributed by atoms with E-state index in [-0.39, 0.29) is 0 Å². The number of hydrogen-bond donors (Lipinski definition) is 0. The molecule has 0 aliphatic carbocycles. The summed E-state index contributed by atoms with van der Waals surface area (Å²) in [5.41, 5.74) is -0.327. The summed E-state index contributed by atoms with van der Waals surface area (Å²) >= 11 is 0. The topological polar surface area (TPSA) is 23.8 Å². The van der Waals surface area contributed by atoms with E-state index in [0.29, 0.717) is 11.1 Å². The molecular formula is C12H16FN. The summed E-state index contributed by atoms with van der Waals surface area (Å²) in [6.45, 7) is 6.95. The van der Waals surface area contributed by atoms with Gasteiger partial charge < -0.3 is 0 Å². The molecule has 0 aliphatic heterocycles. The van der Waals surface area contributed by atoms with Crippen molar-refractivity contribution in [3.8, 4) is 6.07 Å². The lowest BCUT2D eigenvalue weighted by atomic mass is 9.99. The van der Waals surface area contributed by atoms with Gasteiger partial charge in [-0.2, -0.15) is 5.26 Å². The summed E-state index contributed by atoms with van der Waals surface area (Å²) in [4.78, 5) is 0. The van der Waals surface area contributed by atoms with Gasteiger partial charge in [-0.15, -0.1) is 0 Å². The zero-order valence-corrected chi connectivity index (χ0v) is 9.13. The molecule has 1 rings (SSSR count). The SMILES string of the molecule is CC.CC(C)(F)c1cccc(C#N)c1. The standard InChI is InChI=1S/C10H10FN.C2H6/c1-10(2,11)9-5-3-4-8(6-9)7-12;1-2/h3-6H,1-2H3;1-2H3. The normalized spacial score (nSPS) is 9.71. The fourth-order valence-electron chi connectivity index (χ4n) is 0.959. The third-order valence-corrected chi connectivity index (χ3v) is 1.68. The van der Waals surface area contributed by atoms with E-state index in [2.05, 4.69) is 0 Å². The van der Waals surface area contributed by atoms with Gasteiger partial charge in [0.05, 0.1) is 11.6 Å². The van der Waals surface area contributed by atoms with E-state index in [1.165, 1.54) is 13.8 Å². The fraction of sp³-hybridized carbons (Fsp3) is 0.417. The molecule has 0 amide bonds. The van der Waals surface area contributed by atoms with Crippen LogP contribution in [-0.2, 0) is 5.67 Å². The van der Waals surface area contributed by atoms with Crippen LogP contribution in [0.2, 0.25) is 0 Å². The molecule has 14 heavy (non-hydrogen) atoms. The Morgan fingerprint density at radius 2 is 1.86 bits per heavy atom. The van der Waals surface area contributed by atoms with Gasteiger partial charge in [0.2, 0.25) is 0 Å². The van der Waals surface area contributed by atoms with Crippen LogP contribution < -0.4 is 0 Å². The van der Waals surface area contributed by atoms with Gasteiger partial charge in [-0.25, -0.2) is 4.39 Å². The lowest BCUT2D eigenvalue weighted by molar-refractivity contribution is 0.221. The minimum atomic E-state index is -1.37. The number of halogens is 1. The maximum Gasteiger partial charge on any atom is 0.130 e. The van der Waals surface area contributed by atoms with Crippen LogP contribution in [-0.4, -0.2) is 0 Å². The van der Waals surface area contributed by atoms with Crippen molar-refractivity contribution in [3.05, 3.63) is 35.4 Å². The highest BCUT2D eigenvalue weighted by atomic mass is 19.1. The average molecular weight is 193 g/mol. The molecule has 0 spiro atoms. The molecule has 0 N–H and O–H groups in total. The zero-order chi connectivity index (χ0) is 11.2. The number of nitriles is 1. The van der Waals surface area contributed by atoms with Gasteiger partial charge in [-0.3, -0.25) is 0 Å². The predicted molar refractivity (Wildman–Crippen MR) is 56.6 cm³/mol. The smallest absolute Gasteiger partial charge is 0.130 e. The molecule has 76 valence electrons. The van der Waals surface area contributed by atoms with E-state index in [1.807, 2.05) is 19.9 Å². The maximum atomic E-state index is 13.3. The summed E-state index contributed by atoms with van der Waals surface area (Å²) < 4.78 is 13.3. The minimum Gasteiger partial charge on any atom is -0.239 e. The number of rotatable bonds is 1. The molecule has 1 aromatic carbocycles. The molecule has 0 radical (unpaired) electrons. The Balaban J connectivity index is 0.000000791. The van der Waals surface area contributed by atoms with Crippen LogP contribution in [0, 0.1) is 11.3 Å². The lowest BCUT2D eigenvalue weighted by Crippen LogP contribution is -2.08. The van der Waals surface area contributed by atoms with E-state index in [0.717, 1.165) is 0 Å². The number of nitrogens with zero attached hydrogens (tertiary/aromatic N) is 1. The molecule has 1 nitrogen and oxygen atoms in total. The highest BCUT2D eigenvalue weighted by Gasteiger charge is 2.18. The number of alkyl halides is 1. The Hall–Kier alpha value is -1.36. The van der Waals surface area contributed by atoms with Crippen LogP contribution in [0.25, 0.3) is 0 Å². The zero-order valence-electron chi connectivity index (χ0n) is 9.13. The van der Waals surface area contributed by atoms with Crippen molar-refractivity contribution in [2.75, 3.05) is 0 Å². The van der Waals surface area contributed by atoms with E-state index in [4.69, 9.17) is 5.26 Å². The molecule has 0 bridgehead atoms. The van der Waals surface area contributed by atoms with Gasteiger partial charge in [0.25, 0.3) is 0 Å². The van der Waals surface area contributed by atoms with Crippen LogP contribution in [0.5, 0.6) is 0 Å². The van der Waals surface area contributed by atoms with Crippen molar-refractivity contribution in [1.82, 2.24) is 0 Å². The van der Waals surface area contributed by atoms with Gasteiger partial charge in [0.15, 0.2) is 0 Å². The van der Waals surface area contributed by atoms with Gasteiger partial charge in [0, 0.05) is 0 Å². The first kappa shape index (κ1) is 12.6. The quantitative estimate of drug-likeness (QED) is 0.665. The van der Waals surface area contributed by atoms with Crippen molar-refractivity contribution in [3.63, 3.8) is 0 Å². The predicted octanol–water partition coefficient (Wildman–Crippen LogP) is 3.79. The van der Waals surface area contributed by atoms with Crippen molar-refractivity contribution < 1.29 is 4.39 Å². The summed E-state index contributed by atoms with van der Waals surface area (Å²) in [5, 5.41) is 8.56. The van der Waals surface area contributed by atoms with E-state index < -0.39 is 5.67 Å². The first-order valence-corrected chi connectivity index (χ1v) is 4.73. The van der Waals surface area contributed by atoms with Gasteiger partial charge >= 0.3 is 0 Å². The molecule has 2 heteroatoms. The summed E-state index contributed by atoms with van der Waals surface area (Å²) in [7, 11) is 0. The Kier molecular flexibility index (Phi) is 4.86. The third kappa shape index (κ3) is 3.57. The summed E-state index contributed by atoms with van der Waals surface area (Å²) in [6, 6.07) is 8.58. The third-order valence-electron chi connectivity index (χ3n) is 1.68. The highest BCUT2D eigenvalue weighted by Crippen LogP contribution is 2.24. The lowest BCUT2D eigenvalue weighted by Gasteiger charge is -2.13. The van der Waals surface area contributed by atoms with Crippen molar-refractivity contribution in [2.45, 2.75) is 33.4 Å². The molecular weight excluding hydrogens is 177 g/mol. The number of benzene rings is 1. The molecule has 0 fully saturated rings. The molecule has 0 heterocycles. The van der Waals surface area contributed by atoms with Gasteiger partial charge in [0.1, 0.15) is 5.67 Å². The van der Waals surface area contributed by atoms with Crippen molar-refractivity contribution >= 4 is 0 Å². The maximum absolute atomic E-state index is 13.3. The Labute approximate surface area is 85.2 Å².